The van der Waals surface area contributed by atoms with Crippen LogP contribution in [0, 0.1) is 0 Å². The van der Waals surface area contributed by atoms with Gasteiger partial charge in [-0.3, -0.25) is 0 Å². The molecule has 0 saturated heterocycles. The summed E-state index contributed by atoms with van der Waals surface area (Å²) < 4.78 is 5.24. The number of aromatic nitrogens is 2. The van der Waals surface area contributed by atoms with E-state index in [1.165, 1.54) is 133 Å². The average molecular weight is 791 g/mol. The van der Waals surface area contributed by atoms with Crippen molar-refractivity contribution in [2.24, 2.45) is 0 Å². The Morgan fingerprint density at radius 3 is 1.63 bits per heavy atom. The summed E-state index contributed by atoms with van der Waals surface area (Å²) in [5.74, 6) is 0. The molecule has 2 heteroatoms. The summed E-state index contributed by atoms with van der Waals surface area (Å²) in [6, 6.07) is 65.8. The molecule has 292 valence electrons. The van der Waals surface area contributed by atoms with E-state index in [2.05, 4.69) is 191 Å². The van der Waals surface area contributed by atoms with Gasteiger partial charge in [-0.2, -0.15) is 0 Å². The van der Waals surface area contributed by atoms with Crippen LogP contribution in [0.5, 0.6) is 0 Å². The summed E-state index contributed by atoms with van der Waals surface area (Å²) in [6.45, 7) is 0. The highest BCUT2D eigenvalue weighted by Crippen LogP contribution is 2.52. The van der Waals surface area contributed by atoms with Crippen molar-refractivity contribution in [2.75, 3.05) is 0 Å². The first-order chi connectivity index (χ1) is 30.8. The second-order valence-electron chi connectivity index (χ2n) is 17.7. The smallest absolute Gasteiger partial charge is 0.0579 e. The Morgan fingerprint density at radius 2 is 0.935 bits per heavy atom. The van der Waals surface area contributed by atoms with E-state index in [1.807, 2.05) is 0 Å². The third-order valence-corrected chi connectivity index (χ3v) is 14.6. The average Bonchev–Trinajstić information content (AvgIpc) is 3.85. The third kappa shape index (κ3) is 4.81. The van der Waals surface area contributed by atoms with Crippen molar-refractivity contribution >= 4 is 65.9 Å². The standard InChI is InChI=1S/C60H42N2/c1-3-17-43(18-4-1)61-55-31-27-39(47-23-11-15-37-13-7-9-21-45(37)47)33-51(55)53-35-41-25-26-42-36-54-52-34-40(48-24-12-16-38-14-8-10-22-46(38)48)28-32-56(52)62(44-19-5-2-6-20-44)60(54)50-30-29-49(59(53)61)57(41)58(42)50/h1-24,27,31,33-36H,25-26,28-30,32H2. The highest BCUT2D eigenvalue weighted by Gasteiger charge is 2.34. The first kappa shape index (κ1) is 34.3. The predicted octanol–water partition coefficient (Wildman–Crippen LogP) is 15.1. The highest BCUT2D eigenvalue weighted by atomic mass is 15.0. The summed E-state index contributed by atoms with van der Waals surface area (Å²) >= 11 is 0. The lowest BCUT2D eigenvalue weighted by Gasteiger charge is -2.31. The third-order valence-electron chi connectivity index (χ3n) is 14.6. The first-order valence-electron chi connectivity index (χ1n) is 22.4. The SMILES string of the molecule is C1=C(c2cccc3ccccc23)CCc2c1c1cc3c4c(c1n2-c1ccccc1)CCc1c-4c(cc2c4cc(-c5cccc6ccccc56)ccc4n(-c4ccccc4)c12)CC3. The van der Waals surface area contributed by atoms with E-state index >= 15 is 0 Å². The fraction of sp³-hybridized carbons (Fsp3) is 0.100. The molecule has 3 aliphatic rings. The molecule has 0 fully saturated rings. The molecule has 2 aromatic heterocycles. The summed E-state index contributed by atoms with van der Waals surface area (Å²) in [5, 5.41) is 9.36. The van der Waals surface area contributed by atoms with Crippen LogP contribution in [-0.2, 0) is 32.1 Å². The number of rotatable bonds is 4. The van der Waals surface area contributed by atoms with Crippen LogP contribution < -0.4 is 0 Å². The summed E-state index contributed by atoms with van der Waals surface area (Å²) in [7, 11) is 0. The molecule has 0 bridgehead atoms. The van der Waals surface area contributed by atoms with Crippen LogP contribution >= 0.6 is 0 Å². The number of para-hydroxylation sites is 2. The largest absolute Gasteiger partial charge is 0.313 e. The van der Waals surface area contributed by atoms with Gasteiger partial charge < -0.3 is 9.13 Å². The zero-order valence-corrected chi connectivity index (χ0v) is 34.5. The number of nitrogens with zero attached hydrogens (tertiary/aromatic N) is 2. The molecule has 0 unspecified atom stereocenters. The molecule has 14 rings (SSSR count). The molecule has 0 amide bonds. The zero-order chi connectivity index (χ0) is 40.5. The molecule has 0 saturated carbocycles. The number of benzene rings is 9. The topological polar surface area (TPSA) is 9.86 Å². The lowest BCUT2D eigenvalue weighted by Crippen LogP contribution is -2.16. The maximum atomic E-state index is 2.66. The first-order valence-corrected chi connectivity index (χ1v) is 22.4. The Kier molecular flexibility index (Phi) is 7.22. The minimum Gasteiger partial charge on any atom is -0.313 e. The molecule has 2 heterocycles. The molecule has 0 spiro atoms. The van der Waals surface area contributed by atoms with Crippen LogP contribution in [0.2, 0.25) is 0 Å². The number of hydrogen-bond acceptors (Lipinski definition) is 0. The maximum absolute atomic E-state index is 2.66. The van der Waals surface area contributed by atoms with Gasteiger partial charge in [-0.05, 0) is 170 Å². The molecule has 0 radical (unpaired) electrons. The molecular weight excluding hydrogens is 749 g/mol. The molecule has 11 aromatic rings. The molecule has 0 atom stereocenters. The van der Waals surface area contributed by atoms with Gasteiger partial charge in [0.15, 0.2) is 0 Å². The Hall–Kier alpha value is -7.42. The molecule has 2 nitrogen and oxygen atoms in total. The number of hydrogen-bond donors (Lipinski definition) is 0. The Bertz CT molecular complexity index is 3720. The number of fused-ring (bicyclic) bond motifs is 10. The Balaban J connectivity index is 1.04. The van der Waals surface area contributed by atoms with Crippen LogP contribution in [-0.4, -0.2) is 9.13 Å². The van der Waals surface area contributed by atoms with E-state index in [9.17, 15) is 0 Å². The van der Waals surface area contributed by atoms with Crippen molar-refractivity contribution in [3.63, 3.8) is 0 Å². The maximum Gasteiger partial charge on any atom is 0.0579 e. The van der Waals surface area contributed by atoms with Crippen molar-refractivity contribution in [3.05, 3.63) is 215 Å². The van der Waals surface area contributed by atoms with E-state index in [0.29, 0.717) is 0 Å². The monoisotopic (exact) mass is 790 g/mol. The van der Waals surface area contributed by atoms with Gasteiger partial charge in [0.05, 0.1) is 16.6 Å². The highest BCUT2D eigenvalue weighted by molar-refractivity contribution is 6.15. The lowest BCUT2D eigenvalue weighted by atomic mass is 9.73. The normalized spacial score (nSPS) is 14.2. The zero-order valence-electron chi connectivity index (χ0n) is 34.5. The summed E-state index contributed by atoms with van der Waals surface area (Å²) in [4.78, 5) is 0. The second kappa shape index (κ2) is 13.0. The fourth-order valence-corrected chi connectivity index (χ4v) is 12.0. The molecular formula is C60H42N2. The quantitative estimate of drug-likeness (QED) is 0.168. The lowest BCUT2D eigenvalue weighted by molar-refractivity contribution is 0.870. The number of aryl methyl sites for hydroxylation is 4. The molecule has 0 aliphatic heterocycles. The van der Waals surface area contributed by atoms with E-state index in [1.54, 1.807) is 0 Å². The van der Waals surface area contributed by atoms with Crippen LogP contribution in [0.3, 0.4) is 0 Å². The minimum absolute atomic E-state index is 1.01. The Labute approximate surface area is 360 Å². The van der Waals surface area contributed by atoms with Crippen molar-refractivity contribution in [1.82, 2.24) is 9.13 Å². The van der Waals surface area contributed by atoms with Crippen molar-refractivity contribution in [1.29, 1.82) is 0 Å². The second-order valence-corrected chi connectivity index (χ2v) is 17.7. The van der Waals surface area contributed by atoms with Gasteiger partial charge in [0, 0.05) is 38.8 Å². The van der Waals surface area contributed by atoms with Crippen molar-refractivity contribution in [3.8, 4) is 33.6 Å². The van der Waals surface area contributed by atoms with Gasteiger partial charge in [0.25, 0.3) is 0 Å². The minimum atomic E-state index is 1.01. The van der Waals surface area contributed by atoms with E-state index in [0.717, 1.165) is 38.5 Å². The molecule has 0 N–H and O–H groups in total. The van der Waals surface area contributed by atoms with Crippen LogP contribution in [0.25, 0.3) is 99.5 Å². The number of allylic oxidation sites excluding steroid dienone is 1. The van der Waals surface area contributed by atoms with Gasteiger partial charge in [-0.1, -0.05) is 127 Å². The summed E-state index contributed by atoms with van der Waals surface area (Å²) in [6.07, 6.45) is 8.72. The predicted molar refractivity (Wildman–Crippen MR) is 261 cm³/mol. The molecule has 9 aromatic carbocycles. The van der Waals surface area contributed by atoms with E-state index < -0.39 is 0 Å². The van der Waals surface area contributed by atoms with Crippen molar-refractivity contribution < 1.29 is 0 Å². The van der Waals surface area contributed by atoms with Crippen molar-refractivity contribution in [2.45, 2.75) is 38.5 Å². The molecule has 62 heavy (non-hydrogen) atoms. The summed E-state index contributed by atoms with van der Waals surface area (Å²) in [5.41, 5.74) is 23.8. The molecule has 3 aliphatic carbocycles. The van der Waals surface area contributed by atoms with Gasteiger partial charge in [-0.15, -0.1) is 0 Å². The Morgan fingerprint density at radius 1 is 0.371 bits per heavy atom. The van der Waals surface area contributed by atoms with E-state index in [-0.39, 0.29) is 0 Å². The van der Waals surface area contributed by atoms with Gasteiger partial charge in [-0.25, -0.2) is 0 Å². The fourth-order valence-electron chi connectivity index (χ4n) is 12.0. The van der Waals surface area contributed by atoms with Gasteiger partial charge in [0.2, 0.25) is 0 Å². The van der Waals surface area contributed by atoms with Crippen LogP contribution in [0.15, 0.2) is 176 Å². The van der Waals surface area contributed by atoms with E-state index in [4.69, 9.17) is 0 Å². The van der Waals surface area contributed by atoms with Crippen LogP contribution in [0.4, 0.5) is 0 Å². The van der Waals surface area contributed by atoms with Gasteiger partial charge in [0.1, 0.15) is 0 Å². The van der Waals surface area contributed by atoms with Crippen LogP contribution in [0.1, 0.15) is 45.5 Å². The van der Waals surface area contributed by atoms with Gasteiger partial charge >= 0.3 is 0 Å².